The highest BCUT2D eigenvalue weighted by molar-refractivity contribution is 9.10. The Morgan fingerprint density at radius 2 is 1.84 bits per heavy atom. The number of benzene rings is 1. The summed E-state index contributed by atoms with van der Waals surface area (Å²) in [5.74, 6) is 6.31. The Hall–Kier alpha value is -1.07. The van der Waals surface area contributed by atoms with Crippen LogP contribution in [-0.4, -0.2) is 6.29 Å². The first-order chi connectivity index (χ1) is 9.26. The first kappa shape index (κ1) is 16.0. The molecule has 0 N–H and O–H groups in total. The van der Waals surface area contributed by atoms with Crippen molar-refractivity contribution < 1.29 is 4.79 Å². The highest BCUT2D eigenvalue weighted by atomic mass is 79.9. The number of hydrogen-bond donors (Lipinski definition) is 0. The number of carbonyl (C=O) groups excluding carboxylic acids is 1. The summed E-state index contributed by atoms with van der Waals surface area (Å²) in [6, 6.07) is 5.57. The van der Waals surface area contributed by atoms with E-state index in [9.17, 15) is 4.79 Å². The van der Waals surface area contributed by atoms with Crippen LogP contribution in [-0.2, 0) is 0 Å². The Labute approximate surface area is 124 Å². The molecule has 0 saturated heterocycles. The summed E-state index contributed by atoms with van der Waals surface area (Å²) in [6.07, 6.45) is 9.54. The topological polar surface area (TPSA) is 17.1 Å². The van der Waals surface area contributed by atoms with Crippen molar-refractivity contribution in [2.75, 3.05) is 0 Å². The molecule has 0 bridgehead atoms. The summed E-state index contributed by atoms with van der Waals surface area (Å²) in [5.41, 5.74) is 1.57. The second-order valence-corrected chi connectivity index (χ2v) is 5.63. The highest BCUT2D eigenvalue weighted by Gasteiger charge is 1.95. The van der Waals surface area contributed by atoms with Crippen LogP contribution in [0.2, 0.25) is 0 Å². The summed E-state index contributed by atoms with van der Waals surface area (Å²) in [6.45, 7) is 2.23. The predicted octanol–water partition coefficient (Wildman–Crippen LogP) is 5.36. The normalized spacial score (nSPS) is 9.79. The van der Waals surface area contributed by atoms with E-state index in [-0.39, 0.29) is 0 Å². The molecular formula is C17H21BrO. The van der Waals surface area contributed by atoms with E-state index in [4.69, 9.17) is 0 Å². The molecule has 1 rings (SSSR count). The molecule has 0 fully saturated rings. The fourth-order valence-electron chi connectivity index (χ4n) is 1.91. The zero-order valence-electron chi connectivity index (χ0n) is 11.5. The van der Waals surface area contributed by atoms with Crippen molar-refractivity contribution in [2.45, 2.75) is 51.9 Å². The lowest BCUT2D eigenvalue weighted by atomic mass is 10.1. The fraction of sp³-hybridized carbons (Fsp3) is 0.471. The van der Waals surface area contributed by atoms with Crippen molar-refractivity contribution in [3.8, 4) is 11.8 Å². The van der Waals surface area contributed by atoms with Gasteiger partial charge in [0.1, 0.15) is 6.29 Å². The van der Waals surface area contributed by atoms with Gasteiger partial charge in [-0.25, -0.2) is 0 Å². The molecule has 1 nitrogen and oxygen atoms in total. The van der Waals surface area contributed by atoms with Crippen LogP contribution < -0.4 is 0 Å². The van der Waals surface area contributed by atoms with E-state index in [0.717, 1.165) is 22.7 Å². The molecule has 0 amide bonds. The van der Waals surface area contributed by atoms with Crippen molar-refractivity contribution in [1.29, 1.82) is 0 Å². The van der Waals surface area contributed by atoms with Crippen molar-refractivity contribution in [1.82, 2.24) is 0 Å². The minimum Gasteiger partial charge on any atom is -0.298 e. The maximum Gasteiger partial charge on any atom is 0.150 e. The van der Waals surface area contributed by atoms with Crippen molar-refractivity contribution in [3.05, 3.63) is 33.8 Å². The fourth-order valence-corrected chi connectivity index (χ4v) is 2.42. The predicted molar refractivity (Wildman–Crippen MR) is 84.4 cm³/mol. The van der Waals surface area contributed by atoms with Gasteiger partial charge in [-0.1, -0.05) is 66.8 Å². The number of carbonyl (C=O) groups is 1. The highest BCUT2D eigenvalue weighted by Crippen LogP contribution is 2.14. The van der Waals surface area contributed by atoms with Crippen LogP contribution in [0.25, 0.3) is 0 Å². The van der Waals surface area contributed by atoms with Crippen molar-refractivity contribution in [2.24, 2.45) is 0 Å². The molecule has 0 aliphatic rings. The average molecular weight is 321 g/mol. The van der Waals surface area contributed by atoms with Gasteiger partial charge in [0, 0.05) is 22.0 Å². The first-order valence-electron chi connectivity index (χ1n) is 7.01. The van der Waals surface area contributed by atoms with Gasteiger partial charge in [0.05, 0.1) is 0 Å². The van der Waals surface area contributed by atoms with Gasteiger partial charge >= 0.3 is 0 Å². The Kier molecular flexibility index (Phi) is 8.25. The van der Waals surface area contributed by atoms with Crippen LogP contribution in [0.15, 0.2) is 22.7 Å². The van der Waals surface area contributed by atoms with E-state index >= 15 is 0 Å². The van der Waals surface area contributed by atoms with Crippen LogP contribution in [0, 0.1) is 11.8 Å². The third kappa shape index (κ3) is 7.18. The van der Waals surface area contributed by atoms with E-state index in [2.05, 4.69) is 34.7 Å². The quantitative estimate of drug-likeness (QED) is 0.375. The van der Waals surface area contributed by atoms with Gasteiger partial charge in [-0.3, -0.25) is 4.79 Å². The zero-order valence-corrected chi connectivity index (χ0v) is 13.1. The van der Waals surface area contributed by atoms with Crippen LogP contribution in [0.1, 0.15) is 67.8 Å². The molecule has 1 aromatic rings. The van der Waals surface area contributed by atoms with Gasteiger partial charge in [0.15, 0.2) is 0 Å². The summed E-state index contributed by atoms with van der Waals surface area (Å²) in [5, 5.41) is 0. The molecule has 0 unspecified atom stereocenters. The van der Waals surface area contributed by atoms with E-state index in [1.54, 1.807) is 6.07 Å². The average Bonchev–Trinajstić information content (AvgIpc) is 2.41. The molecule has 0 atom stereocenters. The van der Waals surface area contributed by atoms with E-state index < -0.39 is 0 Å². The van der Waals surface area contributed by atoms with Gasteiger partial charge < -0.3 is 0 Å². The van der Waals surface area contributed by atoms with Gasteiger partial charge in [-0.05, 0) is 24.6 Å². The second-order valence-electron chi connectivity index (χ2n) is 4.71. The smallest absolute Gasteiger partial charge is 0.150 e. The maximum atomic E-state index is 10.7. The minimum atomic E-state index is 0.665. The van der Waals surface area contributed by atoms with Crippen LogP contribution in [0.4, 0.5) is 0 Å². The molecule has 0 aliphatic carbocycles. The van der Waals surface area contributed by atoms with Crippen LogP contribution >= 0.6 is 15.9 Å². The Balaban J connectivity index is 2.33. The molecule has 0 radical (unpaired) electrons. The number of halogens is 1. The number of hydrogen-bond acceptors (Lipinski definition) is 1. The molecule has 1 aromatic carbocycles. The third-order valence-corrected chi connectivity index (χ3v) is 3.40. The molecule has 0 saturated carbocycles. The molecular weight excluding hydrogens is 300 g/mol. The van der Waals surface area contributed by atoms with Gasteiger partial charge in [-0.15, -0.1) is 0 Å². The van der Waals surface area contributed by atoms with E-state index in [0.29, 0.717) is 5.56 Å². The molecule has 19 heavy (non-hydrogen) atoms. The Morgan fingerprint density at radius 3 is 2.58 bits per heavy atom. The molecule has 102 valence electrons. The van der Waals surface area contributed by atoms with Gasteiger partial charge in [0.2, 0.25) is 0 Å². The minimum absolute atomic E-state index is 0.665. The Bertz CT molecular complexity index is 454. The first-order valence-corrected chi connectivity index (χ1v) is 7.80. The molecule has 0 aromatic heterocycles. The monoisotopic (exact) mass is 320 g/mol. The van der Waals surface area contributed by atoms with Gasteiger partial charge in [0.25, 0.3) is 0 Å². The summed E-state index contributed by atoms with van der Waals surface area (Å²) < 4.78 is 0.904. The standard InChI is InChI=1S/C17H21BrO/c1-2-3-4-5-6-7-8-9-10-15-11-16(14-19)13-17(18)12-15/h11-14H,2-8H2,1H3. The SMILES string of the molecule is CCCCCCCCC#Cc1cc(Br)cc(C=O)c1. The van der Waals surface area contributed by atoms with E-state index in [1.165, 1.54) is 38.5 Å². The van der Waals surface area contributed by atoms with Crippen LogP contribution in [0.5, 0.6) is 0 Å². The molecule has 0 spiro atoms. The lowest BCUT2D eigenvalue weighted by Crippen LogP contribution is -1.83. The van der Waals surface area contributed by atoms with Crippen molar-refractivity contribution >= 4 is 22.2 Å². The summed E-state index contributed by atoms with van der Waals surface area (Å²) in [4.78, 5) is 10.7. The molecule has 0 heterocycles. The van der Waals surface area contributed by atoms with E-state index in [1.807, 2.05) is 12.1 Å². The summed E-state index contributed by atoms with van der Waals surface area (Å²) in [7, 11) is 0. The molecule has 0 aliphatic heterocycles. The van der Waals surface area contributed by atoms with Crippen LogP contribution in [0.3, 0.4) is 0 Å². The van der Waals surface area contributed by atoms with Crippen molar-refractivity contribution in [3.63, 3.8) is 0 Å². The largest absolute Gasteiger partial charge is 0.298 e. The summed E-state index contributed by atoms with van der Waals surface area (Å²) >= 11 is 3.39. The maximum absolute atomic E-state index is 10.7. The lowest BCUT2D eigenvalue weighted by Gasteiger charge is -1.97. The number of unbranched alkanes of at least 4 members (excludes halogenated alkanes) is 6. The third-order valence-electron chi connectivity index (χ3n) is 2.94. The zero-order chi connectivity index (χ0) is 13.9. The molecule has 2 heteroatoms. The second kappa shape index (κ2) is 9.81. The number of aldehydes is 1. The van der Waals surface area contributed by atoms with Gasteiger partial charge in [-0.2, -0.15) is 0 Å². The Morgan fingerprint density at radius 1 is 1.11 bits per heavy atom. The number of rotatable bonds is 7. The lowest BCUT2D eigenvalue weighted by molar-refractivity contribution is 0.112.